The van der Waals surface area contributed by atoms with Crippen LogP contribution in [0.15, 0.2) is 12.1 Å². The fraction of sp³-hybridized carbons (Fsp3) is 0.741. The molecule has 2 aliphatic carbocycles. The number of esters is 1. The van der Waals surface area contributed by atoms with Crippen LogP contribution in [0.25, 0.3) is 0 Å². The molecule has 1 aromatic carbocycles. The third kappa shape index (κ3) is 3.16. The molecular weight excluding hydrogens is 432 g/mol. The zero-order valence-corrected chi connectivity index (χ0v) is 21.6. The molecule has 1 saturated heterocycles. The number of hydrogen-bond acceptors (Lipinski definition) is 7. The van der Waals surface area contributed by atoms with Crippen LogP contribution in [-0.4, -0.2) is 72.1 Å². The Morgan fingerprint density at radius 1 is 1.29 bits per heavy atom. The Morgan fingerprint density at radius 3 is 2.68 bits per heavy atom. The Labute approximate surface area is 203 Å². The fourth-order valence-corrected chi connectivity index (χ4v) is 7.44. The van der Waals surface area contributed by atoms with Crippen LogP contribution in [0.4, 0.5) is 0 Å². The van der Waals surface area contributed by atoms with Crippen LogP contribution in [-0.2, 0) is 26.1 Å². The highest BCUT2D eigenvalue weighted by molar-refractivity contribution is 5.76. The maximum Gasteiger partial charge on any atom is 0.323 e. The number of likely N-dealkylation sites (tertiary alicyclic amines) is 1. The average molecular weight is 473 g/mol. The number of rotatable bonds is 5. The van der Waals surface area contributed by atoms with Crippen LogP contribution in [0.1, 0.15) is 65.0 Å². The Balaban J connectivity index is 1.57. The summed E-state index contributed by atoms with van der Waals surface area (Å²) in [6.07, 6.45) is 3.22. The largest absolute Gasteiger partial charge is 0.504 e. The summed E-state index contributed by atoms with van der Waals surface area (Å²) < 4.78 is 19.0. The second kappa shape index (κ2) is 7.84. The minimum atomic E-state index is -0.548. The van der Waals surface area contributed by atoms with Gasteiger partial charge in [0, 0.05) is 24.8 Å². The Kier molecular flexibility index (Phi) is 5.51. The summed E-state index contributed by atoms with van der Waals surface area (Å²) in [6.45, 7) is 10.7. The summed E-state index contributed by atoms with van der Waals surface area (Å²) in [5.41, 5.74) is 1.06. The lowest BCUT2D eigenvalue weighted by Gasteiger charge is -2.65. The SMILES string of the molecule is CO[C@@]12CCC(N[C@H](C(=O)OC(C)(C)C)C(C)C)C3Oc4c(O)ccc5c4[C@@]31CCN(C)[C@@H]2C5. The second-order valence-electron chi connectivity index (χ2n) is 12.1. The van der Waals surface area contributed by atoms with E-state index in [1.807, 2.05) is 41.7 Å². The molecule has 4 aliphatic rings. The second-order valence-corrected chi connectivity index (χ2v) is 12.1. The molecule has 2 N–H and O–H groups in total. The van der Waals surface area contributed by atoms with Gasteiger partial charge in [-0.3, -0.25) is 10.1 Å². The van der Waals surface area contributed by atoms with Gasteiger partial charge < -0.3 is 24.2 Å². The van der Waals surface area contributed by atoms with Gasteiger partial charge in [-0.25, -0.2) is 0 Å². The minimum absolute atomic E-state index is 0.0609. The molecule has 7 nitrogen and oxygen atoms in total. The van der Waals surface area contributed by atoms with Crippen LogP contribution in [0.5, 0.6) is 11.5 Å². The number of likely N-dealkylation sites (N-methyl/N-ethyl adjacent to an activating group) is 1. The number of methoxy groups -OCH3 is 1. The summed E-state index contributed by atoms with van der Waals surface area (Å²) in [4.78, 5) is 15.6. The molecule has 5 rings (SSSR count). The van der Waals surface area contributed by atoms with Crippen molar-refractivity contribution in [2.45, 2.75) is 101 Å². The lowest BCUT2D eigenvalue weighted by Crippen LogP contribution is -2.78. The third-order valence-corrected chi connectivity index (χ3v) is 8.77. The van der Waals surface area contributed by atoms with Crippen molar-refractivity contribution >= 4 is 5.97 Å². The number of nitrogens with zero attached hydrogens (tertiary/aromatic N) is 1. The molecule has 7 heteroatoms. The van der Waals surface area contributed by atoms with E-state index < -0.39 is 17.2 Å². The van der Waals surface area contributed by atoms with E-state index in [2.05, 4.69) is 23.3 Å². The fourth-order valence-electron chi connectivity index (χ4n) is 7.44. The average Bonchev–Trinajstić information content (AvgIpc) is 3.11. The van der Waals surface area contributed by atoms with Crippen molar-refractivity contribution in [2.24, 2.45) is 5.92 Å². The van der Waals surface area contributed by atoms with Gasteiger partial charge in [0.1, 0.15) is 17.7 Å². The third-order valence-electron chi connectivity index (χ3n) is 8.77. The van der Waals surface area contributed by atoms with Gasteiger partial charge in [0.15, 0.2) is 11.5 Å². The van der Waals surface area contributed by atoms with Gasteiger partial charge in [-0.2, -0.15) is 0 Å². The zero-order chi connectivity index (χ0) is 24.6. The molecule has 2 fully saturated rings. The number of benzene rings is 1. The van der Waals surface area contributed by atoms with Gasteiger partial charge in [0.2, 0.25) is 0 Å². The van der Waals surface area contributed by atoms with E-state index >= 15 is 0 Å². The monoisotopic (exact) mass is 472 g/mol. The highest BCUT2D eigenvalue weighted by Gasteiger charge is 2.73. The first-order valence-electron chi connectivity index (χ1n) is 12.7. The predicted octanol–water partition coefficient (Wildman–Crippen LogP) is 3.15. The number of hydrogen-bond donors (Lipinski definition) is 2. The van der Waals surface area contributed by atoms with Crippen LogP contribution in [0, 0.1) is 5.92 Å². The molecule has 0 amide bonds. The molecule has 2 heterocycles. The van der Waals surface area contributed by atoms with Crippen molar-refractivity contribution in [3.05, 3.63) is 23.3 Å². The summed E-state index contributed by atoms with van der Waals surface area (Å²) in [5.74, 6) is 0.633. The number of carbonyl (C=O) groups is 1. The molecular formula is C27H40N2O5. The van der Waals surface area contributed by atoms with Gasteiger partial charge in [-0.15, -0.1) is 0 Å². The highest BCUT2D eigenvalue weighted by Crippen LogP contribution is 2.66. The van der Waals surface area contributed by atoms with E-state index in [1.54, 1.807) is 6.07 Å². The molecule has 1 spiro atoms. The first-order valence-corrected chi connectivity index (χ1v) is 12.7. The Morgan fingerprint density at radius 2 is 2.03 bits per heavy atom. The normalized spacial score (nSPS) is 35.0. The lowest BCUT2D eigenvalue weighted by atomic mass is 9.48. The number of piperidine rings is 1. The first-order chi connectivity index (χ1) is 15.9. The number of nitrogens with one attached hydrogen (secondary N) is 1. The van der Waals surface area contributed by atoms with Gasteiger partial charge in [-0.1, -0.05) is 19.9 Å². The predicted molar refractivity (Wildman–Crippen MR) is 129 cm³/mol. The molecule has 6 atom stereocenters. The topological polar surface area (TPSA) is 80.3 Å². The lowest BCUT2D eigenvalue weighted by molar-refractivity contribution is -0.204. The number of phenols is 1. The molecule has 1 aromatic rings. The summed E-state index contributed by atoms with van der Waals surface area (Å²) >= 11 is 0. The van der Waals surface area contributed by atoms with Gasteiger partial charge in [0.25, 0.3) is 0 Å². The number of carbonyl (C=O) groups excluding carboxylic acids is 1. The first kappa shape index (κ1) is 23.9. The molecule has 188 valence electrons. The summed E-state index contributed by atoms with van der Waals surface area (Å²) in [7, 11) is 4.03. The van der Waals surface area contributed by atoms with Crippen LogP contribution in [0.3, 0.4) is 0 Å². The van der Waals surface area contributed by atoms with Gasteiger partial charge in [0.05, 0.1) is 11.0 Å². The number of phenolic OH excluding ortho intramolecular Hbond substituents is 1. The molecule has 2 aliphatic heterocycles. The number of ether oxygens (including phenoxy) is 3. The minimum Gasteiger partial charge on any atom is -0.504 e. The maximum absolute atomic E-state index is 13.1. The van der Waals surface area contributed by atoms with Gasteiger partial charge in [-0.05, 0) is 77.6 Å². The molecule has 34 heavy (non-hydrogen) atoms. The van der Waals surface area contributed by atoms with E-state index in [1.165, 1.54) is 5.56 Å². The molecule has 2 bridgehead atoms. The Bertz CT molecular complexity index is 988. The van der Waals surface area contributed by atoms with Crippen molar-refractivity contribution in [2.75, 3.05) is 20.7 Å². The van der Waals surface area contributed by atoms with E-state index in [-0.39, 0.29) is 41.2 Å². The molecule has 0 radical (unpaired) electrons. The van der Waals surface area contributed by atoms with Crippen LogP contribution < -0.4 is 10.1 Å². The zero-order valence-electron chi connectivity index (χ0n) is 21.6. The molecule has 1 saturated carbocycles. The van der Waals surface area contributed by atoms with E-state index in [9.17, 15) is 9.90 Å². The van der Waals surface area contributed by atoms with E-state index in [0.29, 0.717) is 5.75 Å². The van der Waals surface area contributed by atoms with Crippen LogP contribution in [0.2, 0.25) is 0 Å². The number of aromatic hydroxyl groups is 1. The maximum atomic E-state index is 13.1. The van der Waals surface area contributed by atoms with Crippen molar-refractivity contribution in [3.8, 4) is 11.5 Å². The summed E-state index contributed by atoms with van der Waals surface area (Å²) in [5, 5.41) is 14.5. The van der Waals surface area contributed by atoms with Gasteiger partial charge >= 0.3 is 5.97 Å². The smallest absolute Gasteiger partial charge is 0.323 e. The van der Waals surface area contributed by atoms with Crippen molar-refractivity contribution in [3.63, 3.8) is 0 Å². The summed E-state index contributed by atoms with van der Waals surface area (Å²) in [6, 6.07) is 3.56. The van der Waals surface area contributed by atoms with E-state index in [4.69, 9.17) is 14.2 Å². The molecule has 0 aromatic heterocycles. The molecule has 2 unspecified atom stereocenters. The van der Waals surface area contributed by atoms with Crippen molar-refractivity contribution < 1.29 is 24.1 Å². The van der Waals surface area contributed by atoms with Crippen molar-refractivity contribution in [1.82, 2.24) is 10.2 Å². The van der Waals surface area contributed by atoms with E-state index in [0.717, 1.165) is 37.8 Å². The van der Waals surface area contributed by atoms with Crippen LogP contribution >= 0.6 is 0 Å². The quantitative estimate of drug-likeness (QED) is 0.637. The standard InChI is InChI=1S/C27H40N2O5/c1-15(2)21(24(31)34-25(3,4)5)28-17-10-11-27(32-7)19-14-16-8-9-18(30)22-20(16)26(27,23(17)33-22)12-13-29(19)6/h8-9,15,17,19,21,23,28,30H,10-14H2,1-7H3/t17?,19-,21+,23?,26+,27-/m1/s1. The Hall–Kier alpha value is -1.83. The van der Waals surface area contributed by atoms with Crippen molar-refractivity contribution in [1.29, 1.82) is 0 Å². The highest BCUT2D eigenvalue weighted by atomic mass is 16.6.